The van der Waals surface area contributed by atoms with Gasteiger partial charge in [0.25, 0.3) is 5.91 Å². The van der Waals surface area contributed by atoms with Gasteiger partial charge in [-0.1, -0.05) is 26.0 Å². The molecule has 0 saturated carbocycles. The lowest BCUT2D eigenvalue weighted by atomic mass is 10.2. The SMILES string of the molecule is CNC(=O)c1ccn(-c2cccc(CNC(C)C)c2)n1. The predicted octanol–water partition coefficient (Wildman–Crippen LogP) is 1.73. The van der Waals surface area contributed by atoms with E-state index in [1.54, 1.807) is 24.0 Å². The number of carbonyl (C=O) groups excluding carboxylic acids is 1. The van der Waals surface area contributed by atoms with Gasteiger partial charge in [-0.15, -0.1) is 0 Å². The molecule has 1 heterocycles. The number of hydrogen-bond donors (Lipinski definition) is 2. The van der Waals surface area contributed by atoms with Gasteiger partial charge in [0, 0.05) is 25.8 Å². The van der Waals surface area contributed by atoms with Crippen molar-refractivity contribution in [2.45, 2.75) is 26.4 Å². The van der Waals surface area contributed by atoms with Gasteiger partial charge < -0.3 is 10.6 Å². The Hall–Kier alpha value is -2.14. The van der Waals surface area contributed by atoms with Crippen LogP contribution in [0.1, 0.15) is 29.9 Å². The van der Waals surface area contributed by atoms with E-state index in [1.807, 2.05) is 12.1 Å². The Morgan fingerprint density at radius 1 is 1.35 bits per heavy atom. The molecule has 106 valence electrons. The average Bonchev–Trinajstić information content (AvgIpc) is 2.94. The molecule has 1 amide bonds. The molecule has 0 bridgehead atoms. The van der Waals surface area contributed by atoms with Crippen LogP contribution in [0.4, 0.5) is 0 Å². The van der Waals surface area contributed by atoms with Gasteiger partial charge in [-0.3, -0.25) is 4.79 Å². The van der Waals surface area contributed by atoms with Crippen molar-refractivity contribution in [2.75, 3.05) is 7.05 Å². The third kappa shape index (κ3) is 3.45. The van der Waals surface area contributed by atoms with Gasteiger partial charge in [0.05, 0.1) is 5.69 Å². The van der Waals surface area contributed by atoms with Crippen LogP contribution in [0.2, 0.25) is 0 Å². The van der Waals surface area contributed by atoms with E-state index in [1.165, 1.54) is 5.56 Å². The second kappa shape index (κ2) is 6.34. The van der Waals surface area contributed by atoms with Crippen molar-refractivity contribution >= 4 is 5.91 Å². The summed E-state index contributed by atoms with van der Waals surface area (Å²) >= 11 is 0. The Balaban J connectivity index is 2.18. The quantitative estimate of drug-likeness (QED) is 0.871. The molecule has 2 rings (SSSR count). The minimum atomic E-state index is -0.179. The number of carbonyl (C=O) groups is 1. The molecule has 1 aromatic heterocycles. The number of nitrogens with zero attached hydrogens (tertiary/aromatic N) is 2. The maximum absolute atomic E-state index is 11.5. The van der Waals surface area contributed by atoms with Crippen LogP contribution < -0.4 is 10.6 Å². The molecule has 20 heavy (non-hydrogen) atoms. The summed E-state index contributed by atoms with van der Waals surface area (Å²) in [6.07, 6.45) is 1.79. The number of hydrogen-bond acceptors (Lipinski definition) is 3. The Kier molecular flexibility index (Phi) is 4.53. The Bertz CT molecular complexity index is 589. The lowest BCUT2D eigenvalue weighted by Crippen LogP contribution is -2.21. The van der Waals surface area contributed by atoms with E-state index in [9.17, 15) is 4.79 Å². The van der Waals surface area contributed by atoms with E-state index >= 15 is 0 Å². The van der Waals surface area contributed by atoms with E-state index in [0.29, 0.717) is 11.7 Å². The van der Waals surface area contributed by atoms with Crippen LogP contribution >= 0.6 is 0 Å². The summed E-state index contributed by atoms with van der Waals surface area (Å²) in [5.74, 6) is -0.179. The van der Waals surface area contributed by atoms with Crippen LogP contribution in [-0.2, 0) is 6.54 Å². The van der Waals surface area contributed by atoms with Gasteiger partial charge in [0.1, 0.15) is 0 Å². The van der Waals surface area contributed by atoms with Crippen LogP contribution in [0.25, 0.3) is 5.69 Å². The van der Waals surface area contributed by atoms with Crippen LogP contribution in [0, 0.1) is 0 Å². The number of nitrogens with one attached hydrogen (secondary N) is 2. The minimum absolute atomic E-state index is 0.179. The summed E-state index contributed by atoms with van der Waals surface area (Å²) in [5, 5.41) is 10.2. The fourth-order valence-electron chi connectivity index (χ4n) is 1.85. The second-order valence-corrected chi connectivity index (χ2v) is 4.93. The van der Waals surface area contributed by atoms with Crippen molar-refractivity contribution in [3.8, 4) is 5.69 Å². The highest BCUT2D eigenvalue weighted by Crippen LogP contribution is 2.11. The maximum Gasteiger partial charge on any atom is 0.271 e. The molecular weight excluding hydrogens is 252 g/mol. The highest BCUT2D eigenvalue weighted by Gasteiger charge is 2.08. The largest absolute Gasteiger partial charge is 0.354 e. The molecule has 2 N–H and O–H groups in total. The summed E-state index contributed by atoms with van der Waals surface area (Å²) in [5.41, 5.74) is 2.55. The summed E-state index contributed by atoms with van der Waals surface area (Å²) in [6.45, 7) is 5.05. The monoisotopic (exact) mass is 272 g/mol. The van der Waals surface area contributed by atoms with Crippen LogP contribution in [0.15, 0.2) is 36.5 Å². The molecule has 0 spiro atoms. The molecule has 0 radical (unpaired) electrons. The van der Waals surface area contributed by atoms with E-state index in [-0.39, 0.29) is 5.91 Å². The first-order chi connectivity index (χ1) is 9.60. The average molecular weight is 272 g/mol. The number of benzene rings is 1. The molecule has 0 aliphatic carbocycles. The lowest BCUT2D eigenvalue weighted by molar-refractivity contribution is 0.0957. The van der Waals surface area contributed by atoms with Gasteiger partial charge in [-0.2, -0.15) is 5.10 Å². The summed E-state index contributed by atoms with van der Waals surface area (Å²) < 4.78 is 1.71. The zero-order chi connectivity index (χ0) is 14.5. The first-order valence-electron chi connectivity index (χ1n) is 6.70. The van der Waals surface area contributed by atoms with Crippen molar-refractivity contribution < 1.29 is 4.79 Å². The fraction of sp³-hybridized carbons (Fsp3) is 0.333. The van der Waals surface area contributed by atoms with Crippen LogP contribution in [-0.4, -0.2) is 28.8 Å². The Labute approximate surface area is 119 Å². The highest BCUT2D eigenvalue weighted by atomic mass is 16.1. The lowest BCUT2D eigenvalue weighted by Gasteiger charge is -2.09. The molecule has 0 aliphatic rings. The van der Waals surface area contributed by atoms with Gasteiger partial charge in [-0.25, -0.2) is 4.68 Å². The summed E-state index contributed by atoms with van der Waals surface area (Å²) in [6, 6.07) is 10.3. The van der Waals surface area contributed by atoms with Crippen molar-refractivity contribution in [3.05, 3.63) is 47.8 Å². The first kappa shape index (κ1) is 14.3. The molecule has 0 aliphatic heterocycles. The van der Waals surface area contributed by atoms with E-state index in [4.69, 9.17) is 0 Å². The zero-order valence-corrected chi connectivity index (χ0v) is 12.1. The number of rotatable bonds is 5. The van der Waals surface area contributed by atoms with Crippen molar-refractivity contribution in [3.63, 3.8) is 0 Å². The third-order valence-corrected chi connectivity index (χ3v) is 2.94. The molecule has 1 aromatic carbocycles. The van der Waals surface area contributed by atoms with Crippen molar-refractivity contribution in [2.24, 2.45) is 0 Å². The summed E-state index contributed by atoms with van der Waals surface area (Å²) in [4.78, 5) is 11.5. The van der Waals surface area contributed by atoms with Crippen LogP contribution in [0.5, 0.6) is 0 Å². The van der Waals surface area contributed by atoms with Crippen molar-refractivity contribution in [1.29, 1.82) is 0 Å². The van der Waals surface area contributed by atoms with E-state index in [2.05, 4.69) is 41.7 Å². The Morgan fingerprint density at radius 3 is 2.85 bits per heavy atom. The number of aromatic nitrogens is 2. The molecule has 0 unspecified atom stereocenters. The fourth-order valence-corrected chi connectivity index (χ4v) is 1.85. The molecule has 5 heteroatoms. The normalized spacial score (nSPS) is 10.8. The van der Waals surface area contributed by atoms with Gasteiger partial charge in [0.2, 0.25) is 0 Å². The first-order valence-corrected chi connectivity index (χ1v) is 6.70. The predicted molar refractivity (Wildman–Crippen MR) is 78.9 cm³/mol. The van der Waals surface area contributed by atoms with E-state index in [0.717, 1.165) is 12.2 Å². The molecule has 0 fully saturated rings. The van der Waals surface area contributed by atoms with Gasteiger partial charge >= 0.3 is 0 Å². The minimum Gasteiger partial charge on any atom is -0.354 e. The Morgan fingerprint density at radius 2 is 2.15 bits per heavy atom. The molecule has 5 nitrogen and oxygen atoms in total. The summed E-state index contributed by atoms with van der Waals surface area (Å²) in [7, 11) is 1.60. The molecule has 2 aromatic rings. The number of amides is 1. The topological polar surface area (TPSA) is 59.0 Å². The maximum atomic E-state index is 11.5. The molecule has 0 saturated heterocycles. The van der Waals surface area contributed by atoms with Gasteiger partial charge in [-0.05, 0) is 23.8 Å². The highest BCUT2D eigenvalue weighted by molar-refractivity contribution is 5.91. The van der Waals surface area contributed by atoms with Gasteiger partial charge in [0.15, 0.2) is 5.69 Å². The smallest absolute Gasteiger partial charge is 0.271 e. The van der Waals surface area contributed by atoms with Crippen LogP contribution in [0.3, 0.4) is 0 Å². The molecule has 0 atom stereocenters. The third-order valence-electron chi connectivity index (χ3n) is 2.94. The molecular formula is C15H20N4O. The zero-order valence-electron chi connectivity index (χ0n) is 12.1. The van der Waals surface area contributed by atoms with E-state index < -0.39 is 0 Å². The second-order valence-electron chi connectivity index (χ2n) is 4.93. The van der Waals surface area contributed by atoms with Crippen molar-refractivity contribution in [1.82, 2.24) is 20.4 Å². The standard InChI is InChI=1S/C15H20N4O/c1-11(2)17-10-12-5-4-6-13(9-12)19-8-7-14(18-19)15(20)16-3/h4-9,11,17H,10H2,1-3H3,(H,16,20).